The van der Waals surface area contributed by atoms with Crippen molar-refractivity contribution < 1.29 is 14.1 Å². The van der Waals surface area contributed by atoms with E-state index in [-0.39, 0.29) is 11.8 Å². The highest BCUT2D eigenvalue weighted by Gasteiger charge is 2.29. The van der Waals surface area contributed by atoms with Gasteiger partial charge >= 0.3 is 0 Å². The lowest BCUT2D eigenvalue weighted by Gasteiger charge is -2.36. The van der Waals surface area contributed by atoms with E-state index in [9.17, 15) is 9.59 Å². The number of hydrogen-bond acceptors (Lipinski definition) is 7. The maximum Gasteiger partial charge on any atom is 0.245 e. The number of amides is 2. The van der Waals surface area contributed by atoms with Crippen LogP contribution in [0.5, 0.6) is 0 Å². The Labute approximate surface area is 200 Å². The molecule has 1 atom stereocenters. The summed E-state index contributed by atoms with van der Waals surface area (Å²) in [7, 11) is 0. The molecule has 0 radical (unpaired) electrons. The summed E-state index contributed by atoms with van der Waals surface area (Å²) in [5.74, 6) is 0.903. The van der Waals surface area contributed by atoms with E-state index in [2.05, 4.69) is 25.3 Å². The number of carbonyl (C=O) groups excluding carboxylic acids is 2. The minimum atomic E-state index is -0.604. The predicted octanol–water partition coefficient (Wildman–Crippen LogP) is 2.67. The first-order chi connectivity index (χ1) is 16.6. The average Bonchev–Trinajstić information content (AvgIpc) is 3.60. The third-order valence-corrected chi connectivity index (χ3v) is 6.89. The van der Waals surface area contributed by atoms with Gasteiger partial charge in [-0.1, -0.05) is 29.4 Å². The van der Waals surface area contributed by atoms with Crippen LogP contribution in [-0.2, 0) is 22.6 Å². The second-order valence-corrected chi connectivity index (χ2v) is 9.35. The van der Waals surface area contributed by atoms with Crippen molar-refractivity contribution in [3.8, 4) is 10.7 Å². The SMILES string of the molecule is CC(=O)NC(Cc1c[nH]c2ccccc12)C(=O)N1CCN(Cc2nc(-c3cccs3)no2)CC1. The Kier molecular flexibility index (Phi) is 6.41. The van der Waals surface area contributed by atoms with Crippen molar-refractivity contribution >= 4 is 34.1 Å². The van der Waals surface area contributed by atoms with Gasteiger partial charge in [0.05, 0.1) is 11.4 Å². The van der Waals surface area contributed by atoms with Crippen molar-refractivity contribution in [1.82, 2.24) is 30.2 Å². The lowest BCUT2D eigenvalue weighted by molar-refractivity contribution is -0.137. The van der Waals surface area contributed by atoms with Crippen LogP contribution in [0.25, 0.3) is 21.6 Å². The summed E-state index contributed by atoms with van der Waals surface area (Å²) in [4.78, 5) is 37.9. The van der Waals surface area contributed by atoms with Gasteiger partial charge in [0, 0.05) is 56.6 Å². The van der Waals surface area contributed by atoms with Crippen LogP contribution in [0.3, 0.4) is 0 Å². The Morgan fingerprint density at radius 2 is 2.00 bits per heavy atom. The third kappa shape index (κ3) is 4.87. The zero-order chi connectivity index (χ0) is 23.5. The van der Waals surface area contributed by atoms with Gasteiger partial charge in [0.15, 0.2) is 0 Å². The fourth-order valence-electron chi connectivity index (χ4n) is 4.33. The zero-order valence-electron chi connectivity index (χ0n) is 18.9. The van der Waals surface area contributed by atoms with E-state index in [4.69, 9.17) is 4.52 Å². The number of aromatic amines is 1. The molecule has 1 aliphatic heterocycles. The highest BCUT2D eigenvalue weighted by Crippen LogP contribution is 2.22. The molecule has 0 bridgehead atoms. The van der Waals surface area contributed by atoms with Gasteiger partial charge in [-0.3, -0.25) is 14.5 Å². The normalized spacial score (nSPS) is 15.5. The maximum atomic E-state index is 13.3. The minimum absolute atomic E-state index is 0.0575. The number of nitrogens with zero attached hydrogens (tertiary/aromatic N) is 4. The van der Waals surface area contributed by atoms with Gasteiger partial charge in [-0.2, -0.15) is 4.98 Å². The molecule has 0 saturated carbocycles. The Balaban J connectivity index is 1.20. The van der Waals surface area contributed by atoms with E-state index in [0.717, 1.165) is 21.3 Å². The number of H-pyrrole nitrogens is 1. The third-order valence-electron chi connectivity index (χ3n) is 6.03. The topological polar surface area (TPSA) is 107 Å². The fraction of sp³-hybridized carbons (Fsp3) is 0.333. The van der Waals surface area contributed by atoms with Gasteiger partial charge in [-0.05, 0) is 23.1 Å². The number of hydrogen-bond donors (Lipinski definition) is 2. The number of fused-ring (bicyclic) bond motifs is 1. The number of piperazine rings is 1. The molecule has 1 fully saturated rings. The molecule has 5 rings (SSSR count). The van der Waals surface area contributed by atoms with Crippen LogP contribution in [0.1, 0.15) is 18.4 Å². The van der Waals surface area contributed by atoms with Gasteiger partial charge in [-0.25, -0.2) is 0 Å². The van der Waals surface area contributed by atoms with E-state index in [1.165, 1.54) is 6.92 Å². The van der Waals surface area contributed by atoms with E-state index in [1.54, 1.807) is 11.3 Å². The van der Waals surface area contributed by atoms with Gasteiger partial charge in [0.1, 0.15) is 6.04 Å². The maximum absolute atomic E-state index is 13.3. The Morgan fingerprint density at radius 3 is 2.76 bits per heavy atom. The lowest BCUT2D eigenvalue weighted by Crippen LogP contribution is -2.55. The molecule has 9 nitrogen and oxygen atoms in total. The molecule has 2 amide bonds. The van der Waals surface area contributed by atoms with Crippen LogP contribution < -0.4 is 5.32 Å². The summed E-state index contributed by atoms with van der Waals surface area (Å²) in [6, 6.07) is 11.3. The standard InChI is InChI=1S/C24H26N6O3S/c1-16(31)26-20(13-17-14-25-19-6-3-2-5-18(17)19)24(32)30-10-8-29(9-11-30)15-22-27-23(28-33-22)21-7-4-12-34-21/h2-7,12,14,20,25H,8-11,13,15H2,1H3,(H,26,31). The number of thiophene rings is 1. The molecule has 2 N–H and O–H groups in total. The van der Waals surface area contributed by atoms with Gasteiger partial charge in [-0.15, -0.1) is 11.3 Å². The Hall–Kier alpha value is -3.50. The summed E-state index contributed by atoms with van der Waals surface area (Å²) in [5, 5.41) is 9.97. The fourth-order valence-corrected chi connectivity index (χ4v) is 4.98. The minimum Gasteiger partial charge on any atom is -0.361 e. The van der Waals surface area contributed by atoms with Crippen molar-refractivity contribution in [2.45, 2.75) is 25.9 Å². The van der Waals surface area contributed by atoms with Crippen LogP contribution in [0, 0.1) is 0 Å². The summed E-state index contributed by atoms with van der Waals surface area (Å²) in [6.45, 7) is 4.54. The van der Waals surface area contributed by atoms with Gasteiger partial charge in [0.2, 0.25) is 23.5 Å². The summed E-state index contributed by atoms with van der Waals surface area (Å²) < 4.78 is 5.41. The van der Waals surface area contributed by atoms with Gasteiger partial charge in [0.25, 0.3) is 0 Å². The molecular weight excluding hydrogens is 452 g/mol. The first-order valence-electron chi connectivity index (χ1n) is 11.3. The van der Waals surface area contributed by atoms with Gasteiger partial charge < -0.3 is 19.7 Å². The molecule has 1 aromatic carbocycles. The monoisotopic (exact) mass is 478 g/mol. The smallest absolute Gasteiger partial charge is 0.245 e. The molecule has 4 heterocycles. The number of para-hydroxylation sites is 1. The largest absolute Gasteiger partial charge is 0.361 e. The number of aromatic nitrogens is 3. The molecule has 1 saturated heterocycles. The molecule has 176 valence electrons. The molecule has 3 aromatic heterocycles. The van der Waals surface area contributed by atoms with Crippen molar-refractivity contribution in [3.63, 3.8) is 0 Å². The number of nitrogens with one attached hydrogen (secondary N) is 2. The number of benzene rings is 1. The summed E-state index contributed by atoms with van der Waals surface area (Å²) in [5.41, 5.74) is 2.03. The van der Waals surface area contributed by atoms with Crippen molar-refractivity contribution in [2.24, 2.45) is 0 Å². The van der Waals surface area contributed by atoms with Crippen LogP contribution in [0.2, 0.25) is 0 Å². The second kappa shape index (κ2) is 9.78. The predicted molar refractivity (Wildman–Crippen MR) is 129 cm³/mol. The summed E-state index contributed by atoms with van der Waals surface area (Å²) in [6.07, 6.45) is 2.36. The van der Waals surface area contributed by atoms with Crippen LogP contribution in [0.4, 0.5) is 0 Å². The van der Waals surface area contributed by atoms with E-state index >= 15 is 0 Å². The van der Waals surface area contributed by atoms with Crippen LogP contribution >= 0.6 is 11.3 Å². The van der Waals surface area contributed by atoms with E-state index in [0.29, 0.717) is 50.9 Å². The molecule has 4 aromatic rings. The molecule has 0 spiro atoms. The highest BCUT2D eigenvalue weighted by molar-refractivity contribution is 7.13. The summed E-state index contributed by atoms with van der Waals surface area (Å²) >= 11 is 1.57. The molecule has 34 heavy (non-hydrogen) atoms. The van der Waals surface area contributed by atoms with Crippen LogP contribution in [-0.4, -0.2) is 69.0 Å². The van der Waals surface area contributed by atoms with Crippen LogP contribution in [0.15, 0.2) is 52.5 Å². The Bertz CT molecular complexity index is 1270. The van der Waals surface area contributed by atoms with E-state index in [1.807, 2.05) is 52.9 Å². The zero-order valence-corrected chi connectivity index (χ0v) is 19.7. The molecule has 0 aliphatic carbocycles. The second-order valence-electron chi connectivity index (χ2n) is 8.41. The van der Waals surface area contributed by atoms with Crippen molar-refractivity contribution in [2.75, 3.05) is 26.2 Å². The molecule has 10 heteroatoms. The molecular formula is C24H26N6O3S. The van der Waals surface area contributed by atoms with Crippen molar-refractivity contribution in [3.05, 3.63) is 59.4 Å². The quantitative estimate of drug-likeness (QED) is 0.423. The number of carbonyl (C=O) groups is 2. The Morgan fingerprint density at radius 1 is 1.18 bits per heavy atom. The van der Waals surface area contributed by atoms with Crippen molar-refractivity contribution in [1.29, 1.82) is 0 Å². The average molecular weight is 479 g/mol. The van der Waals surface area contributed by atoms with E-state index < -0.39 is 6.04 Å². The highest BCUT2D eigenvalue weighted by atomic mass is 32.1. The lowest BCUT2D eigenvalue weighted by atomic mass is 10.0. The first kappa shape index (κ1) is 22.3. The number of rotatable bonds is 7. The molecule has 1 unspecified atom stereocenters. The molecule has 1 aliphatic rings. The first-order valence-corrected chi connectivity index (χ1v) is 12.1.